The lowest BCUT2D eigenvalue weighted by atomic mass is 9.88. The van der Waals surface area contributed by atoms with Gasteiger partial charge in [0, 0.05) is 6.20 Å². The minimum Gasteiger partial charge on any atom is -0.481 e. The summed E-state index contributed by atoms with van der Waals surface area (Å²) in [6, 6.07) is 6.52. The standard InChI is InChI=1S/C15H14N2O4/c18-14(19)9-2-1-3-12(7-9)17-8-11-6-10(15(20)21)4-5-13(11)16-17/h1-3,7-8,10H,4-6H2,(H,18,19)(H,20,21). The van der Waals surface area contributed by atoms with Crippen molar-refractivity contribution in [3.8, 4) is 5.69 Å². The van der Waals surface area contributed by atoms with Crippen LogP contribution in [0, 0.1) is 5.92 Å². The highest BCUT2D eigenvalue weighted by Crippen LogP contribution is 2.26. The number of aromatic nitrogens is 2. The van der Waals surface area contributed by atoms with Crippen molar-refractivity contribution in [1.82, 2.24) is 9.78 Å². The second-order valence-electron chi connectivity index (χ2n) is 5.18. The third kappa shape index (κ3) is 2.52. The van der Waals surface area contributed by atoms with Crippen LogP contribution in [0.2, 0.25) is 0 Å². The van der Waals surface area contributed by atoms with Gasteiger partial charge in [-0.05, 0) is 43.0 Å². The SMILES string of the molecule is O=C(O)c1cccc(-n2cc3c(n2)CCC(C(=O)O)C3)c1. The first-order valence-corrected chi connectivity index (χ1v) is 6.68. The van der Waals surface area contributed by atoms with Gasteiger partial charge in [0.05, 0.1) is 22.9 Å². The molecule has 0 saturated heterocycles. The Hall–Kier alpha value is -2.63. The van der Waals surface area contributed by atoms with Crippen LogP contribution in [0.25, 0.3) is 5.69 Å². The third-order valence-corrected chi connectivity index (χ3v) is 3.78. The van der Waals surface area contributed by atoms with Crippen molar-refractivity contribution in [2.24, 2.45) is 5.92 Å². The zero-order chi connectivity index (χ0) is 15.0. The monoisotopic (exact) mass is 286 g/mol. The van der Waals surface area contributed by atoms with Crippen molar-refractivity contribution in [2.45, 2.75) is 19.3 Å². The number of rotatable bonds is 3. The molecular weight excluding hydrogens is 272 g/mol. The molecule has 1 heterocycles. The molecule has 6 heteroatoms. The fraction of sp³-hybridized carbons (Fsp3) is 0.267. The molecule has 0 aliphatic heterocycles. The summed E-state index contributed by atoms with van der Waals surface area (Å²) in [5.41, 5.74) is 2.68. The molecule has 1 aliphatic carbocycles. The molecule has 1 aromatic carbocycles. The topological polar surface area (TPSA) is 92.4 Å². The zero-order valence-electron chi connectivity index (χ0n) is 11.2. The number of hydrogen-bond acceptors (Lipinski definition) is 3. The first-order valence-electron chi connectivity index (χ1n) is 6.68. The number of aromatic carboxylic acids is 1. The Balaban J connectivity index is 1.93. The van der Waals surface area contributed by atoms with E-state index in [1.165, 1.54) is 6.07 Å². The molecule has 108 valence electrons. The molecule has 21 heavy (non-hydrogen) atoms. The Kier molecular flexibility index (Phi) is 3.21. The summed E-state index contributed by atoms with van der Waals surface area (Å²) in [5.74, 6) is -2.12. The highest BCUT2D eigenvalue weighted by molar-refractivity contribution is 5.88. The van der Waals surface area contributed by atoms with Gasteiger partial charge < -0.3 is 10.2 Å². The lowest BCUT2D eigenvalue weighted by Crippen LogP contribution is -2.21. The maximum absolute atomic E-state index is 11.1. The van der Waals surface area contributed by atoms with Gasteiger partial charge >= 0.3 is 11.9 Å². The molecule has 1 unspecified atom stereocenters. The van der Waals surface area contributed by atoms with E-state index in [1.54, 1.807) is 29.1 Å². The average Bonchev–Trinajstić information content (AvgIpc) is 2.90. The molecule has 3 rings (SSSR count). The fourth-order valence-electron chi connectivity index (χ4n) is 2.63. The molecule has 1 aromatic heterocycles. The molecule has 1 aliphatic rings. The second kappa shape index (κ2) is 5.05. The number of hydrogen-bond donors (Lipinski definition) is 2. The van der Waals surface area contributed by atoms with E-state index in [9.17, 15) is 9.59 Å². The zero-order valence-corrected chi connectivity index (χ0v) is 11.2. The van der Waals surface area contributed by atoms with Crippen LogP contribution in [0.5, 0.6) is 0 Å². The van der Waals surface area contributed by atoms with Gasteiger partial charge in [0.1, 0.15) is 0 Å². The van der Waals surface area contributed by atoms with Crippen molar-refractivity contribution in [2.75, 3.05) is 0 Å². The molecule has 0 bridgehead atoms. The number of aliphatic carboxylic acids is 1. The predicted octanol–water partition coefficient (Wildman–Crippen LogP) is 1.76. The Bertz CT molecular complexity index is 720. The predicted molar refractivity (Wildman–Crippen MR) is 73.7 cm³/mol. The Morgan fingerprint density at radius 1 is 1.29 bits per heavy atom. The van der Waals surface area contributed by atoms with Crippen molar-refractivity contribution >= 4 is 11.9 Å². The summed E-state index contributed by atoms with van der Waals surface area (Å²) >= 11 is 0. The quantitative estimate of drug-likeness (QED) is 0.897. The molecule has 0 saturated carbocycles. The molecular formula is C15H14N2O4. The molecule has 0 spiro atoms. The van der Waals surface area contributed by atoms with Crippen molar-refractivity contribution < 1.29 is 19.8 Å². The summed E-state index contributed by atoms with van der Waals surface area (Å²) in [7, 11) is 0. The maximum atomic E-state index is 11.1. The van der Waals surface area contributed by atoms with E-state index in [4.69, 9.17) is 10.2 Å². The number of fused-ring (bicyclic) bond motifs is 1. The molecule has 6 nitrogen and oxygen atoms in total. The van der Waals surface area contributed by atoms with Gasteiger partial charge in [-0.3, -0.25) is 4.79 Å². The summed E-state index contributed by atoms with van der Waals surface area (Å²) in [6.07, 6.45) is 3.50. The van der Waals surface area contributed by atoms with Crippen molar-refractivity contribution in [3.05, 3.63) is 47.3 Å². The second-order valence-corrected chi connectivity index (χ2v) is 5.18. The first-order chi connectivity index (χ1) is 10.0. The Labute approximate surface area is 120 Å². The van der Waals surface area contributed by atoms with Crippen LogP contribution in [0.1, 0.15) is 28.0 Å². The Morgan fingerprint density at radius 2 is 2.10 bits per heavy atom. The van der Waals surface area contributed by atoms with Crippen LogP contribution >= 0.6 is 0 Å². The number of nitrogens with zero attached hydrogens (tertiary/aromatic N) is 2. The average molecular weight is 286 g/mol. The number of carboxylic acid groups (broad SMARTS) is 2. The van der Waals surface area contributed by atoms with Crippen LogP contribution in [-0.4, -0.2) is 31.9 Å². The van der Waals surface area contributed by atoms with Crippen LogP contribution in [-0.2, 0) is 17.6 Å². The van der Waals surface area contributed by atoms with Gasteiger partial charge in [-0.15, -0.1) is 0 Å². The third-order valence-electron chi connectivity index (χ3n) is 3.78. The van der Waals surface area contributed by atoms with Gasteiger partial charge in [0.15, 0.2) is 0 Å². The largest absolute Gasteiger partial charge is 0.481 e. The summed E-state index contributed by atoms with van der Waals surface area (Å²) in [4.78, 5) is 22.1. The van der Waals surface area contributed by atoms with Gasteiger partial charge in [0.2, 0.25) is 0 Å². The van der Waals surface area contributed by atoms with Gasteiger partial charge in [-0.2, -0.15) is 5.10 Å². The first kappa shape index (κ1) is 13.4. The molecule has 0 amide bonds. The van der Waals surface area contributed by atoms with E-state index >= 15 is 0 Å². The smallest absolute Gasteiger partial charge is 0.335 e. The van der Waals surface area contributed by atoms with Crippen molar-refractivity contribution in [3.63, 3.8) is 0 Å². The van der Waals surface area contributed by atoms with E-state index in [-0.39, 0.29) is 11.5 Å². The number of carboxylic acids is 2. The number of benzene rings is 1. The van der Waals surface area contributed by atoms with E-state index in [0.717, 1.165) is 11.3 Å². The summed E-state index contributed by atoms with van der Waals surface area (Å²) in [6.45, 7) is 0. The maximum Gasteiger partial charge on any atom is 0.335 e. The van der Waals surface area contributed by atoms with Gasteiger partial charge in [-0.25, -0.2) is 9.48 Å². The minimum atomic E-state index is -0.986. The van der Waals surface area contributed by atoms with E-state index in [1.807, 2.05) is 0 Å². The van der Waals surface area contributed by atoms with E-state index in [2.05, 4.69) is 5.10 Å². The highest BCUT2D eigenvalue weighted by Gasteiger charge is 2.26. The van der Waals surface area contributed by atoms with E-state index in [0.29, 0.717) is 24.9 Å². The van der Waals surface area contributed by atoms with Crippen LogP contribution in [0.4, 0.5) is 0 Å². The normalized spacial score (nSPS) is 17.2. The van der Waals surface area contributed by atoms with Crippen molar-refractivity contribution in [1.29, 1.82) is 0 Å². The summed E-state index contributed by atoms with van der Waals surface area (Å²) < 4.78 is 1.63. The lowest BCUT2D eigenvalue weighted by molar-refractivity contribution is -0.142. The van der Waals surface area contributed by atoms with Crippen LogP contribution in [0.15, 0.2) is 30.5 Å². The molecule has 1 atom stereocenters. The number of carbonyl (C=O) groups is 2. The molecule has 0 fully saturated rings. The minimum absolute atomic E-state index is 0.199. The molecule has 0 radical (unpaired) electrons. The fourth-order valence-corrected chi connectivity index (χ4v) is 2.63. The molecule has 2 N–H and O–H groups in total. The van der Waals surface area contributed by atoms with Gasteiger partial charge in [0.25, 0.3) is 0 Å². The number of aryl methyl sites for hydroxylation is 1. The van der Waals surface area contributed by atoms with Gasteiger partial charge in [-0.1, -0.05) is 6.07 Å². The summed E-state index contributed by atoms with van der Waals surface area (Å²) in [5, 5.41) is 22.6. The van der Waals surface area contributed by atoms with E-state index < -0.39 is 11.9 Å². The molecule has 2 aromatic rings. The van der Waals surface area contributed by atoms with Crippen LogP contribution in [0.3, 0.4) is 0 Å². The Morgan fingerprint density at radius 3 is 2.81 bits per heavy atom. The van der Waals surface area contributed by atoms with Crippen LogP contribution < -0.4 is 0 Å². The lowest BCUT2D eigenvalue weighted by Gasteiger charge is -2.16. The highest BCUT2D eigenvalue weighted by atomic mass is 16.4.